The van der Waals surface area contributed by atoms with Crippen LogP contribution in [0.2, 0.25) is 0 Å². The number of hydrogen-bond donors (Lipinski definition) is 1. The van der Waals surface area contributed by atoms with E-state index in [-0.39, 0.29) is 18.3 Å². The van der Waals surface area contributed by atoms with Gasteiger partial charge in [0.15, 0.2) is 0 Å². The van der Waals surface area contributed by atoms with Crippen molar-refractivity contribution in [1.29, 1.82) is 0 Å². The first-order valence-electron chi connectivity index (χ1n) is 4.33. The van der Waals surface area contributed by atoms with Gasteiger partial charge in [-0.15, -0.1) is 0 Å². The second kappa shape index (κ2) is 7.58. The predicted molar refractivity (Wildman–Crippen MR) is 48.9 cm³/mol. The van der Waals surface area contributed by atoms with Crippen molar-refractivity contribution in [3.05, 3.63) is 6.92 Å². The summed E-state index contributed by atoms with van der Waals surface area (Å²) >= 11 is 0. The summed E-state index contributed by atoms with van der Waals surface area (Å²) in [7, 11) is 1.33. The summed E-state index contributed by atoms with van der Waals surface area (Å²) in [6.07, 6.45) is 2.24. The molecule has 1 N–H and O–H groups in total. The molecule has 0 saturated heterocycles. The molecule has 0 aliphatic rings. The molecule has 0 bridgehead atoms. The van der Waals surface area contributed by atoms with Gasteiger partial charge in [-0.2, -0.15) is 0 Å². The number of hydrogen-bond acceptors (Lipinski definition) is 3. The van der Waals surface area contributed by atoms with Gasteiger partial charge in [0, 0.05) is 13.0 Å². The average molecular weight is 186 g/mol. The Morgan fingerprint density at radius 1 is 1.38 bits per heavy atom. The van der Waals surface area contributed by atoms with Gasteiger partial charge in [-0.25, -0.2) is 0 Å². The van der Waals surface area contributed by atoms with E-state index in [2.05, 4.69) is 17.0 Å². The fraction of sp³-hybridized carbons (Fsp3) is 0.667. The van der Waals surface area contributed by atoms with Crippen LogP contribution in [0.5, 0.6) is 0 Å². The van der Waals surface area contributed by atoms with Gasteiger partial charge in [-0.3, -0.25) is 9.59 Å². The SMILES string of the molecule is [CH2]CCCC(=O)NCCC(=O)OC. The molecule has 75 valence electrons. The number of nitrogens with one attached hydrogen (secondary N) is 1. The Morgan fingerprint density at radius 3 is 2.62 bits per heavy atom. The van der Waals surface area contributed by atoms with E-state index < -0.39 is 0 Å². The summed E-state index contributed by atoms with van der Waals surface area (Å²) in [4.78, 5) is 21.6. The number of rotatable bonds is 6. The first-order chi connectivity index (χ1) is 6.20. The van der Waals surface area contributed by atoms with Gasteiger partial charge in [0.1, 0.15) is 0 Å². The van der Waals surface area contributed by atoms with Crippen LogP contribution in [0.1, 0.15) is 25.7 Å². The van der Waals surface area contributed by atoms with Crippen molar-refractivity contribution in [1.82, 2.24) is 5.32 Å². The van der Waals surface area contributed by atoms with Crippen LogP contribution in [-0.2, 0) is 14.3 Å². The molecule has 1 amide bonds. The number of unbranched alkanes of at least 4 members (excludes halogenated alkanes) is 1. The largest absolute Gasteiger partial charge is 0.469 e. The van der Waals surface area contributed by atoms with Crippen LogP contribution in [-0.4, -0.2) is 25.5 Å². The van der Waals surface area contributed by atoms with Crippen LogP contribution in [0.4, 0.5) is 0 Å². The highest BCUT2D eigenvalue weighted by Crippen LogP contribution is 1.92. The molecular weight excluding hydrogens is 170 g/mol. The van der Waals surface area contributed by atoms with E-state index in [0.29, 0.717) is 13.0 Å². The smallest absolute Gasteiger partial charge is 0.307 e. The Bertz CT molecular complexity index is 168. The molecule has 0 heterocycles. The Labute approximate surface area is 78.6 Å². The third-order valence-corrected chi connectivity index (χ3v) is 1.53. The first kappa shape index (κ1) is 11.9. The number of amides is 1. The molecule has 0 aliphatic heterocycles. The highest BCUT2D eigenvalue weighted by Gasteiger charge is 2.02. The topological polar surface area (TPSA) is 55.4 Å². The Kier molecular flexibility index (Phi) is 6.96. The Hall–Kier alpha value is -1.06. The highest BCUT2D eigenvalue weighted by atomic mass is 16.5. The molecule has 0 saturated carbocycles. The minimum Gasteiger partial charge on any atom is -0.469 e. The van der Waals surface area contributed by atoms with Crippen LogP contribution in [0, 0.1) is 6.92 Å². The second-order valence-corrected chi connectivity index (χ2v) is 2.63. The van der Waals surface area contributed by atoms with Crippen molar-refractivity contribution in [3.8, 4) is 0 Å². The second-order valence-electron chi connectivity index (χ2n) is 2.63. The molecule has 4 nitrogen and oxygen atoms in total. The number of carbonyl (C=O) groups excluding carboxylic acids is 2. The van der Waals surface area contributed by atoms with E-state index >= 15 is 0 Å². The minimum atomic E-state index is -0.308. The fourth-order valence-corrected chi connectivity index (χ4v) is 0.780. The lowest BCUT2D eigenvalue weighted by atomic mass is 10.2. The standard InChI is InChI=1S/C9H16NO3/c1-3-4-5-8(11)10-7-6-9(12)13-2/h1,3-7H2,2H3,(H,10,11). The Balaban J connectivity index is 3.31. The lowest BCUT2D eigenvalue weighted by Gasteiger charge is -2.02. The van der Waals surface area contributed by atoms with E-state index in [1.807, 2.05) is 0 Å². The molecule has 4 heteroatoms. The van der Waals surface area contributed by atoms with E-state index in [4.69, 9.17) is 0 Å². The molecule has 0 aliphatic carbocycles. The summed E-state index contributed by atoms with van der Waals surface area (Å²) in [5.41, 5.74) is 0. The molecule has 0 aromatic rings. The van der Waals surface area contributed by atoms with Crippen molar-refractivity contribution in [3.63, 3.8) is 0 Å². The average Bonchev–Trinajstić information content (AvgIpc) is 2.14. The number of esters is 1. The molecule has 0 aromatic heterocycles. The van der Waals surface area contributed by atoms with Crippen molar-refractivity contribution in [2.75, 3.05) is 13.7 Å². The van der Waals surface area contributed by atoms with E-state index in [1.165, 1.54) is 7.11 Å². The van der Waals surface area contributed by atoms with Crippen LogP contribution < -0.4 is 5.32 Å². The molecule has 1 radical (unpaired) electrons. The van der Waals surface area contributed by atoms with Crippen molar-refractivity contribution < 1.29 is 14.3 Å². The third kappa shape index (κ3) is 7.31. The zero-order chi connectivity index (χ0) is 10.1. The molecule has 0 atom stereocenters. The highest BCUT2D eigenvalue weighted by molar-refractivity contribution is 5.76. The maximum Gasteiger partial charge on any atom is 0.307 e. The number of carbonyl (C=O) groups is 2. The van der Waals surface area contributed by atoms with Crippen molar-refractivity contribution >= 4 is 11.9 Å². The summed E-state index contributed by atoms with van der Waals surface area (Å²) in [5, 5.41) is 2.62. The molecule has 0 aromatic carbocycles. The van der Waals surface area contributed by atoms with Crippen LogP contribution in [0.25, 0.3) is 0 Å². The summed E-state index contributed by atoms with van der Waals surface area (Å²) in [5.74, 6) is -0.343. The summed E-state index contributed by atoms with van der Waals surface area (Å²) in [6, 6.07) is 0. The lowest BCUT2D eigenvalue weighted by Crippen LogP contribution is -2.25. The van der Waals surface area contributed by atoms with E-state index in [1.54, 1.807) is 0 Å². The van der Waals surface area contributed by atoms with Gasteiger partial charge < -0.3 is 10.1 Å². The van der Waals surface area contributed by atoms with Crippen molar-refractivity contribution in [2.24, 2.45) is 0 Å². The molecule has 0 unspecified atom stereocenters. The normalized spacial score (nSPS) is 9.38. The third-order valence-electron chi connectivity index (χ3n) is 1.53. The molecule has 13 heavy (non-hydrogen) atoms. The van der Waals surface area contributed by atoms with Crippen LogP contribution >= 0.6 is 0 Å². The van der Waals surface area contributed by atoms with Gasteiger partial charge in [-0.05, 0) is 6.42 Å². The van der Waals surface area contributed by atoms with Gasteiger partial charge in [0.25, 0.3) is 0 Å². The summed E-state index contributed by atoms with van der Waals surface area (Å²) < 4.78 is 4.41. The molecule has 0 rings (SSSR count). The first-order valence-corrected chi connectivity index (χ1v) is 4.33. The van der Waals surface area contributed by atoms with Gasteiger partial charge in [-0.1, -0.05) is 13.3 Å². The maximum atomic E-state index is 11.0. The van der Waals surface area contributed by atoms with E-state index in [9.17, 15) is 9.59 Å². The van der Waals surface area contributed by atoms with E-state index in [0.717, 1.165) is 12.8 Å². The quantitative estimate of drug-likeness (QED) is 0.620. The minimum absolute atomic E-state index is 0.0347. The maximum absolute atomic E-state index is 11.0. The summed E-state index contributed by atoms with van der Waals surface area (Å²) in [6.45, 7) is 3.98. The molecule has 0 spiro atoms. The zero-order valence-corrected chi connectivity index (χ0v) is 7.97. The Morgan fingerprint density at radius 2 is 2.08 bits per heavy atom. The number of methoxy groups -OCH3 is 1. The zero-order valence-electron chi connectivity index (χ0n) is 7.97. The monoisotopic (exact) mass is 186 g/mol. The van der Waals surface area contributed by atoms with Gasteiger partial charge in [0.2, 0.25) is 5.91 Å². The number of ether oxygens (including phenoxy) is 1. The van der Waals surface area contributed by atoms with Crippen LogP contribution in [0.3, 0.4) is 0 Å². The van der Waals surface area contributed by atoms with Gasteiger partial charge in [0.05, 0.1) is 13.5 Å². The lowest BCUT2D eigenvalue weighted by molar-refractivity contribution is -0.140. The molecular formula is C9H16NO3. The van der Waals surface area contributed by atoms with Crippen molar-refractivity contribution in [2.45, 2.75) is 25.7 Å². The van der Waals surface area contributed by atoms with Gasteiger partial charge >= 0.3 is 5.97 Å². The fourth-order valence-electron chi connectivity index (χ4n) is 0.780. The van der Waals surface area contributed by atoms with Crippen LogP contribution in [0.15, 0.2) is 0 Å². The predicted octanol–water partition coefficient (Wildman–Crippen LogP) is 0.670. The molecule has 0 fully saturated rings.